The molecular weight excluding hydrogens is 319 g/mol. The molecule has 2 bridgehead atoms. The zero-order valence-electron chi connectivity index (χ0n) is 12.1. The predicted molar refractivity (Wildman–Crippen MR) is 87.9 cm³/mol. The van der Waals surface area contributed by atoms with Crippen molar-refractivity contribution in [1.82, 2.24) is 0 Å². The Morgan fingerprint density at radius 1 is 1.22 bits per heavy atom. The number of anilines is 1. The van der Waals surface area contributed by atoms with E-state index in [2.05, 4.69) is 10.3 Å². The average molecular weight is 333 g/mol. The first kappa shape index (κ1) is 15.5. The summed E-state index contributed by atoms with van der Waals surface area (Å²) >= 11 is 5.90. The van der Waals surface area contributed by atoms with Crippen molar-refractivity contribution in [3.63, 3.8) is 0 Å². The van der Waals surface area contributed by atoms with Gasteiger partial charge in [0.05, 0.1) is 11.4 Å². The molecule has 0 aliphatic carbocycles. The third kappa shape index (κ3) is 3.35. The van der Waals surface area contributed by atoms with E-state index in [1.165, 1.54) is 6.07 Å². The molecule has 3 rings (SSSR count). The Balaban J connectivity index is 2.18. The summed E-state index contributed by atoms with van der Waals surface area (Å²) in [5, 5.41) is 13.5. The molecule has 2 aromatic rings. The molecule has 118 valence electrons. The fraction of sp³-hybridized carbons (Fsp3) is 0.176. The van der Waals surface area contributed by atoms with Gasteiger partial charge in [0.2, 0.25) is 5.91 Å². The van der Waals surface area contributed by atoms with Crippen molar-refractivity contribution in [3.05, 3.63) is 58.4 Å². The average Bonchev–Trinajstić information content (AvgIpc) is 2.51. The van der Waals surface area contributed by atoms with Gasteiger partial charge >= 0.3 is 0 Å². The van der Waals surface area contributed by atoms with Gasteiger partial charge in [-0.1, -0.05) is 23.7 Å². The van der Waals surface area contributed by atoms with Crippen molar-refractivity contribution in [1.29, 1.82) is 0 Å². The Kier molecular flexibility index (Phi) is 4.30. The standard InChI is InChI=1S/C17H14ClFN2O2/c18-11-5-3-10(4-6-11)16-13-8-12(19)9-14(17(13)23)21-15(22)2-1-7-20-16/h3-6,8-9,23H,1-2,7H2,(H,21,22)/b20-16-. The SMILES string of the molecule is O=C1CCC/N=C(/c2ccc(Cl)cc2)c2cc(F)cc(c2O)N1. The van der Waals surface area contributed by atoms with Crippen LogP contribution in [-0.2, 0) is 4.79 Å². The molecule has 1 aliphatic rings. The highest BCUT2D eigenvalue weighted by atomic mass is 35.5. The number of hydrogen-bond acceptors (Lipinski definition) is 3. The summed E-state index contributed by atoms with van der Waals surface area (Å²) in [4.78, 5) is 16.2. The van der Waals surface area contributed by atoms with Crippen LogP contribution in [0.25, 0.3) is 0 Å². The van der Waals surface area contributed by atoms with Crippen molar-refractivity contribution < 1.29 is 14.3 Å². The largest absolute Gasteiger partial charge is 0.505 e. The normalized spacial score (nSPS) is 17.1. The number of aromatic hydroxyl groups is 1. The van der Waals surface area contributed by atoms with Crippen molar-refractivity contribution >= 4 is 28.9 Å². The third-order valence-electron chi connectivity index (χ3n) is 3.55. The van der Waals surface area contributed by atoms with Gasteiger partial charge in [0, 0.05) is 35.2 Å². The number of aliphatic imine (C=N–C) groups is 1. The second-order valence-corrected chi connectivity index (χ2v) is 5.67. The van der Waals surface area contributed by atoms with E-state index in [1.807, 2.05) is 0 Å². The quantitative estimate of drug-likeness (QED) is 0.781. The van der Waals surface area contributed by atoms with Gasteiger partial charge in [-0.3, -0.25) is 9.79 Å². The molecule has 1 heterocycles. The Morgan fingerprint density at radius 2 is 1.96 bits per heavy atom. The Morgan fingerprint density at radius 3 is 2.70 bits per heavy atom. The molecule has 1 amide bonds. The van der Waals surface area contributed by atoms with Crippen LogP contribution < -0.4 is 5.32 Å². The van der Waals surface area contributed by atoms with Gasteiger partial charge in [0.1, 0.15) is 11.6 Å². The molecule has 4 nitrogen and oxygen atoms in total. The topological polar surface area (TPSA) is 61.7 Å². The summed E-state index contributed by atoms with van der Waals surface area (Å²) in [6.07, 6.45) is 0.819. The molecule has 0 aromatic heterocycles. The molecule has 23 heavy (non-hydrogen) atoms. The van der Waals surface area contributed by atoms with Crippen molar-refractivity contribution in [2.24, 2.45) is 4.99 Å². The number of phenolic OH excluding ortho intramolecular Hbond substituents is 1. The molecule has 2 aromatic carbocycles. The molecule has 0 radical (unpaired) electrons. The number of benzene rings is 2. The first-order valence-corrected chi connectivity index (χ1v) is 7.55. The smallest absolute Gasteiger partial charge is 0.224 e. The van der Waals surface area contributed by atoms with Gasteiger partial charge in [-0.05, 0) is 24.6 Å². The summed E-state index contributed by atoms with van der Waals surface area (Å²) in [6, 6.07) is 9.23. The van der Waals surface area contributed by atoms with E-state index in [1.54, 1.807) is 24.3 Å². The Hall–Kier alpha value is -2.40. The molecule has 0 saturated heterocycles. The molecule has 0 unspecified atom stereocenters. The Labute approximate surface area is 137 Å². The highest BCUT2D eigenvalue weighted by molar-refractivity contribution is 6.30. The van der Waals surface area contributed by atoms with Crippen molar-refractivity contribution in [3.8, 4) is 5.75 Å². The second-order valence-electron chi connectivity index (χ2n) is 5.24. The number of amides is 1. The fourth-order valence-corrected chi connectivity index (χ4v) is 2.58. The maximum Gasteiger partial charge on any atom is 0.224 e. The lowest BCUT2D eigenvalue weighted by Gasteiger charge is -2.16. The van der Waals surface area contributed by atoms with Crippen LogP contribution in [0.4, 0.5) is 10.1 Å². The summed E-state index contributed by atoms with van der Waals surface area (Å²) in [6.45, 7) is 0.399. The van der Waals surface area contributed by atoms with Gasteiger partial charge in [-0.25, -0.2) is 4.39 Å². The van der Waals surface area contributed by atoms with Crippen LogP contribution in [0.3, 0.4) is 0 Å². The zero-order valence-corrected chi connectivity index (χ0v) is 12.9. The summed E-state index contributed by atoms with van der Waals surface area (Å²) in [7, 11) is 0. The molecule has 0 saturated carbocycles. The van der Waals surface area contributed by atoms with Crippen LogP contribution in [0.15, 0.2) is 41.4 Å². The maximum absolute atomic E-state index is 13.9. The monoisotopic (exact) mass is 332 g/mol. The number of nitrogens with one attached hydrogen (secondary N) is 1. The number of hydrogen-bond donors (Lipinski definition) is 2. The molecule has 1 aliphatic heterocycles. The second kappa shape index (κ2) is 6.38. The van der Waals surface area contributed by atoms with Crippen LogP contribution in [-0.4, -0.2) is 23.3 Å². The minimum atomic E-state index is -0.560. The number of rotatable bonds is 1. The number of carbonyl (C=O) groups excluding carboxylic acids is 1. The lowest BCUT2D eigenvalue weighted by Crippen LogP contribution is -2.15. The van der Waals surface area contributed by atoms with Crippen LogP contribution >= 0.6 is 11.6 Å². The van der Waals surface area contributed by atoms with Gasteiger partial charge in [0.15, 0.2) is 0 Å². The summed E-state index contributed by atoms with van der Waals surface area (Å²) < 4.78 is 13.9. The van der Waals surface area contributed by atoms with Gasteiger partial charge in [-0.2, -0.15) is 0 Å². The zero-order chi connectivity index (χ0) is 16.4. The number of fused-ring (bicyclic) bond motifs is 2. The molecule has 2 N–H and O–H groups in total. The number of phenols is 1. The number of halogens is 2. The molecule has 0 fully saturated rings. The maximum atomic E-state index is 13.9. The lowest BCUT2D eigenvalue weighted by molar-refractivity contribution is -0.116. The highest BCUT2D eigenvalue weighted by Gasteiger charge is 2.19. The van der Waals surface area contributed by atoms with Crippen molar-refractivity contribution in [2.45, 2.75) is 12.8 Å². The Bertz CT molecular complexity index is 788. The molecule has 6 heteroatoms. The fourth-order valence-electron chi connectivity index (χ4n) is 2.46. The minimum Gasteiger partial charge on any atom is -0.505 e. The summed E-state index contributed by atoms with van der Waals surface area (Å²) in [5.74, 6) is -1.03. The van der Waals surface area contributed by atoms with Crippen LogP contribution in [0.5, 0.6) is 5.75 Å². The molecule has 0 spiro atoms. The van der Waals surface area contributed by atoms with Gasteiger partial charge < -0.3 is 10.4 Å². The van der Waals surface area contributed by atoms with Gasteiger partial charge in [-0.15, -0.1) is 0 Å². The minimum absolute atomic E-state index is 0.0496. The van der Waals surface area contributed by atoms with E-state index in [-0.39, 0.29) is 29.3 Å². The number of nitrogens with zero attached hydrogens (tertiary/aromatic N) is 1. The first-order valence-electron chi connectivity index (χ1n) is 7.18. The summed E-state index contributed by atoms with van der Waals surface area (Å²) in [5.41, 5.74) is 1.47. The van der Waals surface area contributed by atoms with Crippen LogP contribution in [0.1, 0.15) is 24.0 Å². The van der Waals surface area contributed by atoms with E-state index in [9.17, 15) is 14.3 Å². The molecule has 0 atom stereocenters. The van der Waals surface area contributed by atoms with Gasteiger partial charge in [0.25, 0.3) is 0 Å². The number of carbonyl (C=O) groups is 1. The third-order valence-corrected chi connectivity index (χ3v) is 3.81. The van der Waals surface area contributed by atoms with Crippen LogP contribution in [0.2, 0.25) is 5.02 Å². The lowest BCUT2D eigenvalue weighted by atomic mass is 9.99. The van der Waals surface area contributed by atoms with E-state index >= 15 is 0 Å². The van der Waals surface area contributed by atoms with Crippen molar-refractivity contribution in [2.75, 3.05) is 11.9 Å². The highest BCUT2D eigenvalue weighted by Crippen LogP contribution is 2.32. The van der Waals surface area contributed by atoms with E-state index in [4.69, 9.17) is 11.6 Å². The van der Waals surface area contributed by atoms with E-state index in [0.29, 0.717) is 29.3 Å². The van der Waals surface area contributed by atoms with E-state index in [0.717, 1.165) is 6.07 Å². The first-order chi connectivity index (χ1) is 11.0. The molecular formula is C17H14ClFN2O2. The van der Waals surface area contributed by atoms with Crippen LogP contribution in [0, 0.1) is 5.82 Å². The van der Waals surface area contributed by atoms with E-state index < -0.39 is 5.82 Å². The predicted octanol–water partition coefficient (Wildman–Crippen LogP) is 3.75.